The topological polar surface area (TPSA) is 60.6 Å². The first-order chi connectivity index (χ1) is 13.2. The zero-order valence-corrected chi connectivity index (χ0v) is 16.1. The maximum absolute atomic E-state index is 12.6. The Balaban J connectivity index is 1.41. The monoisotopic (exact) mass is 370 g/mol. The van der Waals surface area contributed by atoms with E-state index in [1.165, 1.54) is 16.5 Å². The fourth-order valence-corrected chi connectivity index (χ4v) is 4.42. The van der Waals surface area contributed by atoms with Crippen LogP contribution < -0.4 is 5.32 Å². The van der Waals surface area contributed by atoms with E-state index in [9.17, 15) is 4.79 Å². The minimum atomic E-state index is 0.0729. The number of nitrogens with one attached hydrogen (secondary N) is 2. The van der Waals surface area contributed by atoms with Crippen LogP contribution in [0.3, 0.4) is 0 Å². The second kappa shape index (κ2) is 8.31. The number of ether oxygens (including phenoxy) is 1. The number of amides is 2. The average molecular weight is 370 g/mol. The van der Waals surface area contributed by atoms with Gasteiger partial charge in [0.1, 0.15) is 0 Å². The van der Waals surface area contributed by atoms with Crippen molar-refractivity contribution in [1.29, 1.82) is 0 Å². The zero-order valence-electron chi connectivity index (χ0n) is 16.1. The molecule has 0 aliphatic carbocycles. The lowest BCUT2D eigenvalue weighted by atomic mass is 9.91. The molecule has 2 amide bonds. The first-order valence-corrected chi connectivity index (χ1v) is 10.1. The standard InChI is InChI=1S/C21H30N4O2/c1-2-7-23-21(26)25-10-11-27-15-18-14-24(9-6-20(18)25)13-16-3-4-19-17(12-16)5-8-22-19/h3-5,8,12,18,20,22H,2,6-7,9-11,13-15H2,1H3,(H,23,26)/t18-,20-/m1/s1. The highest BCUT2D eigenvalue weighted by Gasteiger charge is 2.37. The second-order valence-corrected chi connectivity index (χ2v) is 7.75. The Morgan fingerprint density at radius 3 is 3.15 bits per heavy atom. The summed E-state index contributed by atoms with van der Waals surface area (Å²) in [5.74, 6) is 0.379. The number of carbonyl (C=O) groups is 1. The zero-order chi connectivity index (χ0) is 18.6. The van der Waals surface area contributed by atoms with E-state index >= 15 is 0 Å². The van der Waals surface area contributed by atoms with Gasteiger partial charge in [-0.3, -0.25) is 4.90 Å². The van der Waals surface area contributed by atoms with Gasteiger partial charge in [-0.05, 0) is 42.0 Å². The number of urea groups is 1. The molecule has 2 aliphatic heterocycles. The molecule has 0 radical (unpaired) electrons. The molecule has 2 saturated heterocycles. The normalized spacial score (nSPS) is 23.8. The van der Waals surface area contributed by atoms with Crippen LogP contribution in [-0.4, -0.2) is 66.2 Å². The number of aromatic nitrogens is 1. The van der Waals surface area contributed by atoms with E-state index in [2.05, 4.69) is 46.4 Å². The molecular weight excluding hydrogens is 340 g/mol. The van der Waals surface area contributed by atoms with Gasteiger partial charge in [0.15, 0.2) is 0 Å². The smallest absolute Gasteiger partial charge is 0.317 e. The molecule has 4 rings (SSSR count). The van der Waals surface area contributed by atoms with Gasteiger partial charge >= 0.3 is 6.03 Å². The molecule has 2 aromatic rings. The number of nitrogens with zero attached hydrogens (tertiary/aromatic N) is 2. The van der Waals surface area contributed by atoms with Gasteiger partial charge in [-0.25, -0.2) is 4.79 Å². The van der Waals surface area contributed by atoms with E-state index in [0.717, 1.165) is 45.6 Å². The van der Waals surface area contributed by atoms with E-state index in [0.29, 0.717) is 19.1 Å². The van der Waals surface area contributed by atoms with Crippen molar-refractivity contribution in [2.75, 3.05) is 39.4 Å². The molecule has 2 fully saturated rings. The Bertz CT molecular complexity index is 774. The Hall–Kier alpha value is -2.05. The lowest BCUT2D eigenvalue weighted by molar-refractivity contribution is 0.0542. The van der Waals surface area contributed by atoms with Gasteiger partial charge < -0.3 is 19.9 Å². The highest BCUT2D eigenvalue weighted by atomic mass is 16.5. The number of H-pyrrole nitrogens is 1. The van der Waals surface area contributed by atoms with Crippen molar-refractivity contribution in [2.45, 2.75) is 32.4 Å². The van der Waals surface area contributed by atoms with Crippen molar-refractivity contribution in [3.63, 3.8) is 0 Å². The summed E-state index contributed by atoms with van der Waals surface area (Å²) in [7, 11) is 0. The summed E-state index contributed by atoms with van der Waals surface area (Å²) in [6, 6.07) is 9.12. The van der Waals surface area contributed by atoms with Crippen molar-refractivity contribution in [1.82, 2.24) is 20.1 Å². The predicted octanol–water partition coefficient (Wildman–Crippen LogP) is 2.81. The fourth-order valence-electron chi connectivity index (χ4n) is 4.42. The number of rotatable bonds is 4. The second-order valence-electron chi connectivity index (χ2n) is 7.75. The number of benzene rings is 1. The molecule has 1 aromatic heterocycles. The quantitative estimate of drug-likeness (QED) is 0.870. The summed E-state index contributed by atoms with van der Waals surface area (Å²) in [5.41, 5.74) is 2.52. The van der Waals surface area contributed by atoms with Crippen LogP contribution in [0.5, 0.6) is 0 Å². The molecule has 1 aromatic carbocycles. The largest absolute Gasteiger partial charge is 0.379 e. The van der Waals surface area contributed by atoms with Gasteiger partial charge in [-0.2, -0.15) is 0 Å². The van der Waals surface area contributed by atoms with Gasteiger partial charge in [0.05, 0.1) is 13.2 Å². The van der Waals surface area contributed by atoms with Crippen molar-refractivity contribution in [3.05, 3.63) is 36.0 Å². The van der Waals surface area contributed by atoms with Crippen molar-refractivity contribution < 1.29 is 9.53 Å². The summed E-state index contributed by atoms with van der Waals surface area (Å²) in [4.78, 5) is 20.4. The maximum atomic E-state index is 12.6. The van der Waals surface area contributed by atoms with Crippen LogP contribution in [0.25, 0.3) is 10.9 Å². The minimum absolute atomic E-state index is 0.0729. The van der Waals surface area contributed by atoms with E-state index in [-0.39, 0.29) is 12.1 Å². The van der Waals surface area contributed by atoms with E-state index in [4.69, 9.17) is 4.74 Å². The number of hydrogen-bond acceptors (Lipinski definition) is 3. The number of piperidine rings is 1. The number of likely N-dealkylation sites (tertiary alicyclic amines) is 1. The van der Waals surface area contributed by atoms with Crippen LogP contribution in [0.4, 0.5) is 4.79 Å². The third-order valence-electron chi connectivity index (χ3n) is 5.80. The van der Waals surface area contributed by atoms with Crippen LogP contribution in [0.1, 0.15) is 25.3 Å². The Kier molecular flexibility index (Phi) is 5.64. The van der Waals surface area contributed by atoms with Gasteiger partial charge in [0.2, 0.25) is 0 Å². The molecule has 0 saturated carbocycles. The molecule has 6 heteroatoms. The highest BCUT2D eigenvalue weighted by molar-refractivity contribution is 5.79. The van der Waals surface area contributed by atoms with E-state index < -0.39 is 0 Å². The first kappa shape index (κ1) is 18.3. The average Bonchev–Trinajstić information content (AvgIpc) is 3.04. The molecule has 0 bridgehead atoms. The summed E-state index contributed by atoms with van der Waals surface area (Å²) in [6.45, 7) is 7.84. The maximum Gasteiger partial charge on any atom is 0.317 e. The molecule has 3 heterocycles. The van der Waals surface area contributed by atoms with Crippen LogP contribution in [0.2, 0.25) is 0 Å². The van der Waals surface area contributed by atoms with Gasteiger partial charge in [0.25, 0.3) is 0 Å². The molecule has 6 nitrogen and oxygen atoms in total. The third kappa shape index (κ3) is 4.12. The predicted molar refractivity (Wildman–Crippen MR) is 107 cm³/mol. The SMILES string of the molecule is CCCNC(=O)N1CCOC[C@H]2CN(Cc3ccc4[nH]ccc4c3)CC[C@H]21. The van der Waals surface area contributed by atoms with Crippen LogP contribution >= 0.6 is 0 Å². The van der Waals surface area contributed by atoms with E-state index in [1.54, 1.807) is 0 Å². The molecular formula is C21H30N4O2. The van der Waals surface area contributed by atoms with Gasteiger partial charge in [-0.1, -0.05) is 13.0 Å². The van der Waals surface area contributed by atoms with Gasteiger partial charge in [-0.15, -0.1) is 0 Å². The molecule has 0 unspecified atom stereocenters. The summed E-state index contributed by atoms with van der Waals surface area (Å²) >= 11 is 0. The lowest BCUT2D eigenvalue weighted by Gasteiger charge is -2.42. The van der Waals surface area contributed by atoms with E-state index in [1.807, 2.05) is 11.1 Å². The number of carbonyl (C=O) groups excluding carboxylic acids is 1. The summed E-state index contributed by atoms with van der Waals surface area (Å²) in [5, 5.41) is 4.31. The lowest BCUT2D eigenvalue weighted by Crippen LogP contribution is -2.55. The summed E-state index contributed by atoms with van der Waals surface area (Å²) in [6.07, 6.45) is 3.96. The fraction of sp³-hybridized carbons (Fsp3) is 0.571. The van der Waals surface area contributed by atoms with Crippen LogP contribution in [0.15, 0.2) is 30.5 Å². The number of fused-ring (bicyclic) bond motifs is 2. The first-order valence-electron chi connectivity index (χ1n) is 10.1. The third-order valence-corrected chi connectivity index (χ3v) is 5.80. The molecule has 2 atom stereocenters. The molecule has 2 aliphatic rings. The number of aromatic amines is 1. The Morgan fingerprint density at radius 2 is 2.26 bits per heavy atom. The van der Waals surface area contributed by atoms with Crippen LogP contribution in [0, 0.1) is 5.92 Å². The van der Waals surface area contributed by atoms with Crippen molar-refractivity contribution in [2.24, 2.45) is 5.92 Å². The molecule has 0 spiro atoms. The van der Waals surface area contributed by atoms with Crippen LogP contribution in [-0.2, 0) is 11.3 Å². The molecule has 27 heavy (non-hydrogen) atoms. The molecule has 2 N–H and O–H groups in total. The Morgan fingerprint density at radius 1 is 1.33 bits per heavy atom. The minimum Gasteiger partial charge on any atom is -0.379 e. The molecule has 146 valence electrons. The summed E-state index contributed by atoms with van der Waals surface area (Å²) < 4.78 is 5.84. The van der Waals surface area contributed by atoms with Crippen molar-refractivity contribution in [3.8, 4) is 0 Å². The van der Waals surface area contributed by atoms with Gasteiger partial charge in [0, 0.05) is 56.4 Å². The van der Waals surface area contributed by atoms with Crippen molar-refractivity contribution >= 4 is 16.9 Å². The highest BCUT2D eigenvalue weighted by Crippen LogP contribution is 2.26. The Labute approximate surface area is 160 Å². The number of hydrogen-bond donors (Lipinski definition) is 2.